The lowest BCUT2D eigenvalue weighted by Gasteiger charge is -2.05. The number of ether oxygens (including phenoxy) is 1. The molecule has 0 aliphatic rings. The van der Waals surface area contributed by atoms with E-state index in [9.17, 15) is 9.18 Å². The number of carbonyl (C=O) groups is 1. The molecule has 0 saturated carbocycles. The van der Waals surface area contributed by atoms with E-state index in [1.165, 1.54) is 30.4 Å². The molecule has 1 N–H and O–H groups in total. The molecule has 0 radical (unpaired) electrons. The summed E-state index contributed by atoms with van der Waals surface area (Å²) in [4.78, 5) is 15.7. The third-order valence-corrected chi connectivity index (χ3v) is 4.08. The van der Waals surface area contributed by atoms with Gasteiger partial charge in [0, 0.05) is 12.5 Å². The van der Waals surface area contributed by atoms with Gasteiger partial charge in [-0.05, 0) is 43.3 Å². The summed E-state index contributed by atoms with van der Waals surface area (Å²) >= 11 is 1.23. The molecule has 0 unspecified atom stereocenters. The fraction of sp³-hybridized carbons (Fsp3) is 0.111. The summed E-state index contributed by atoms with van der Waals surface area (Å²) in [7, 11) is 0. The Labute approximate surface area is 142 Å². The van der Waals surface area contributed by atoms with Gasteiger partial charge >= 0.3 is 0 Å². The van der Waals surface area contributed by atoms with Gasteiger partial charge in [-0.2, -0.15) is 0 Å². The Hall–Kier alpha value is -2.73. The normalized spacial score (nSPS) is 10.5. The van der Waals surface area contributed by atoms with E-state index in [0.29, 0.717) is 27.2 Å². The molecule has 0 spiro atoms. The Bertz CT molecular complexity index is 858. The van der Waals surface area contributed by atoms with Gasteiger partial charge in [-0.25, -0.2) is 9.37 Å². The van der Waals surface area contributed by atoms with Crippen LogP contribution in [0.25, 0.3) is 11.3 Å². The summed E-state index contributed by atoms with van der Waals surface area (Å²) < 4.78 is 19.1. The minimum Gasteiger partial charge on any atom is -0.444 e. The molecule has 2 aromatic carbocycles. The first kappa shape index (κ1) is 16.1. The maximum absolute atomic E-state index is 13.2. The molecule has 0 atom stereocenters. The van der Waals surface area contributed by atoms with Crippen molar-refractivity contribution in [1.29, 1.82) is 0 Å². The van der Waals surface area contributed by atoms with Gasteiger partial charge in [-0.3, -0.25) is 4.79 Å². The summed E-state index contributed by atoms with van der Waals surface area (Å²) in [5.74, 6) is 0.135. The van der Waals surface area contributed by atoms with Gasteiger partial charge in [-0.15, -0.1) is 0 Å². The summed E-state index contributed by atoms with van der Waals surface area (Å²) in [6.45, 7) is 3.41. The number of anilines is 1. The van der Waals surface area contributed by atoms with Gasteiger partial charge in [-0.1, -0.05) is 29.0 Å². The van der Waals surface area contributed by atoms with E-state index in [1.807, 2.05) is 31.2 Å². The number of aromatic nitrogens is 1. The van der Waals surface area contributed by atoms with Gasteiger partial charge in [0.2, 0.25) is 11.0 Å². The van der Waals surface area contributed by atoms with Crippen molar-refractivity contribution in [2.45, 2.75) is 13.8 Å². The molecule has 24 heavy (non-hydrogen) atoms. The third kappa shape index (κ3) is 3.78. The van der Waals surface area contributed by atoms with E-state index in [0.717, 1.165) is 5.56 Å². The molecule has 4 nitrogen and oxygen atoms in total. The Morgan fingerprint density at radius 3 is 2.42 bits per heavy atom. The van der Waals surface area contributed by atoms with Crippen LogP contribution in [0.15, 0.2) is 48.5 Å². The predicted octanol–water partition coefficient (Wildman–Crippen LogP) is 5.01. The standard InChI is InChI=1S/C18H15FN2O2S/c1-11-3-9-15(10-4-11)23-17-16(13-5-7-14(19)8-6-13)21-18(24-17)20-12(2)22/h3-10H,1-2H3,(H,20,21,22). The van der Waals surface area contributed by atoms with Crippen molar-refractivity contribution in [1.82, 2.24) is 4.98 Å². The molecule has 0 fully saturated rings. The number of nitrogens with one attached hydrogen (secondary N) is 1. The van der Waals surface area contributed by atoms with Crippen molar-refractivity contribution in [3.05, 3.63) is 59.9 Å². The van der Waals surface area contributed by atoms with Gasteiger partial charge < -0.3 is 10.1 Å². The predicted molar refractivity (Wildman–Crippen MR) is 93.1 cm³/mol. The fourth-order valence-electron chi connectivity index (χ4n) is 2.08. The molecule has 6 heteroatoms. The summed E-state index contributed by atoms with van der Waals surface area (Å²) in [5, 5.41) is 3.63. The second kappa shape index (κ2) is 6.80. The van der Waals surface area contributed by atoms with Crippen LogP contribution in [0, 0.1) is 12.7 Å². The van der Waals surface area contributed by atoms with E-state index in [1.54, 1.807) is 12.1 Å². The van der Waals surface area contributed by atoms with E-state index < -0.39 is 0 Å². The maximum Gasteiger partial charge on any atom is 0.223 e. The molecule has 0 saturated heterocycles. The number of carbonyl (C=O) groups excluding carboxylic acids is 1. The van der Waals surface area contributed by atoms with Crippen molar-refractivity contribution in [2.75, 3.05) is 5.32 Å². The van der Waals surface area contributed by atoms with E-state index in [-0.39, 0.29) is 11.7 Å². The molecule has 3 rings (SSSR count). The van der Waals surface area contributed by atoms with Crippen LogP contribution in [0.4, 0.5) is 9.52 Å². The summed E-state index contributed by atoms with van der Waals surface area (Å²) in [6, 6.07) is 13.6. The van der Waals surface area contributed by atoms with E-state index in [4.69, 9.17) is 4.74 Å². The highest BCUT2D eigenvalue weighted by Crippen LogP contribution is 2.40. The number of rotatable bonds is 4. The van der Waals surface area contributed by atoms with Crippen LogP contribution in [-0.4, -0.2) is 10.9 Å². The molecule has 1 amide bonds. The second-order valence-corrected chi connectivity index (χ2v) is 6.22. The van der Waals surface area contributed by atoms with Gasteiger partial charge in [0.15, 0.2) is 5.13 Å². The molecule has 1 aromatic heterocycles. The second-order valence-electron chi connectivity index (χ2n) is 5.26. The maximum atomic E-state index is 13.2. The minimum atomic E-state index is -0.322. The molecule has 122 valence electrons. The zero-order valence-corrected chi connectivity index (χ0v) is 14.0. The number of benzene rings is 2. The Morgan fingerprint density at radius 1 is 1.12 bits per heavy atom. The number of thiazole rings is 1. The fourth-order valence-corrected chi connectivity index (χ4v) is 2.99. The van der Waals surface area contributed by atoms with Gasteiger partial charge in [0.05, 0.1) is 0 Å². The lowest BCUT2D eigenvalue weighted by atomic mass is 10.2. The average molecular weight is 342 g/mol. The molecule has 0 aliphatic heterocycles. The highest BCUT2D eigenvalue weighted by molar-refractivity contribution is 7.18. The van der Waals surface area contributed by atoms with E-state index >= 15 is 0 Å². The summed E-state index contributed by atoms with van der Waals surface area (Å²) in [5.41, 5.74) is 2.40. The third-order valence-electron chi connectivity index (χ3n) is 3.23. The largest absolute Gasteiger partial charge is 0.444 e. The Balaban J connectivity index is 1.98. The van der Waals surface area contributed by atoms with Crippen molar-refractivity contribution in [3.63, 3.8) is 0 Å². The van der Waals surface area contributed by atoms with Crippen LogP contribution >= 0.6 is 11.3 Å². The lowest BCUT2D eigenvalue weighted by Crippen LogP contribution is -2.04. The number of amides is 1. The zero-order chi connectivity index (χ0) is 17.1. The van der Waals surface area contributed by atoms with Crippen LogP contribution in [0.1, 0.15) is 12.5 Å². The van der Waals surface area contributed by atoms with Crippen molar-refractivity contribution < 1.29 is 13.9 Å². The summed E-state index contributed by atoms with van der Waals surface area (Å²) in [6.07, 6.45) is 0. The van der Waals surface area contributed by atoms with Crippen molar-refractivity contribution in [3.8, 4) is 22.1 Å². The number of hydrogen-bond acceptors (Lipinski definition) is 4. The topological polar surface area (TPSA) is 51.2 Å². The first-order chi connectivity index (χ1) is 11.5. The Morgan fingerprint density at radius 2 is 1.79 bits per heavy atom. The smallest absolute Gasteiger partial charge is 0.223 e. The minimum absolute atomic E-state index is 0.212. The average Bonchev–Trinajstić information content (AvgIpc) is 2.92. The highest BCUT2D eigenvalue weighted by Gasteiger charge is 2.16. The van der Waals surface area contributed by atoms with Crippen LogP contribution < -0.4 is 10.1 Å². The van der Waals surface area contributed by atoms with Crippen LogP contribution in [0.2, 0.25) is 0 Å². The number of halogens is 1. The lowest BCUT2D eigenvalue weighted by molar-refractivity contribution is -0.114. The molecule has 0 bridgehead atoms. The van der Waals surface area contributed by atoms with Gasteiger partial charge in [0.1, 0.15) is 17.3 Å². The first-order valence-electron chi connectivity index (χ1n) is 7.30. The Kier molecular flexibility index (Phi) is 4.57. The number of nitrogens with zero attached hydrogens (tertiary/aromatic N) is 1. The van der Waals surface area contributed by atoms with Crippen LogP contribution in [0.5, 0.6) is 10.8 Å². The van der Waals surface area contributed by atoms with E-state index in [2.05, 4.69) is 10.3 Å². The molecular formula is C18H15FN2O2S. The number of hydrogen-bond donors (Lipinski definition) is 1. The van der Waals surface area contributed by atoms with Gasteiger partial charge in [0.25, 0.3) is 0 Å². The highest BCUT2D eigenvalue weighted by atomic mass is 32.1. The SMILES string of the molecule is CC(=O)Nc1nc(-c2ccc(F)cc2)c(Oc2ccc(C)cc2)s1. The molecular weight excluding hydrogens is 327 g/mol. The molecule has 1 heterocycles. The zero-order valence-electron chi connectivity index (χ0n) is 13.2. The monoisotopic (exact) mass is 342 g/mol. The number of aryl methyl sites for hydroxylation is 1. The molecule has 0 aliphatic carbocycles. The first-order valence-corrected chi connectivity index (χ1v) is 8.12. The van der Waals surface area contributed by atoms with Crippen LogP contribution in [-0.2, 0) is 4.79 Å². The van der Waals surface area contributed by atoms with Crippen molar-refractivity contribution in [2.24, 2.45) is 0 Å². The quantitative estimate of drug-likeness (QED) is 0.725. The van der Waals surface area contributed by atoms with Crippen molar-refractivity contribution >= 4 is 22.4 Å². The van der Waals surface area contributed by atoms with Crippen LogP contribution in [0.3, 0.4) is 0 Å². The molecule has 3 aromatic rings.